The average Bonchev–Trinajstić information content (AvgIpc) is 3.69. The lowest BCUT2D eigenvalue weighted by atomic mass is 9.36. The Kier molecular flexibility index (Phi) is 10.2. The molecule has 2 aliphatic heterocycles. The van der Waals surface area contributed by atoms with Crippen molar-refractivity contribution in [2.24, 2.45) is 34.5 Å². The van der Waals surface area contributed by atoms with Gasteiger partial charge in [0.15, 0.2) is 5.72 Å². The quantitative estimate of drug-likeness (QED) is 0.193. The van der Waals surface area contributed by atoms with Crippen LogP contribution in [0.25, 0.3) is 0 Å². The number of aliphatic hydroxyl groups is 3. The smallest absolute Gasteiger partial charge is 0.331 e. The van der Waals surface area contributed by atoms with Gasteiger partial charge in [-0.3, -0.25) is 10.2 Å². The van der Waals surface area contributed by atoms with Gasteiger partial charge in [-0.2, -0.15) is 0 Å². The number of hydrogen-bond acceptors (Lipinski definition) is 9. The number of fused-ring (bicyclic) bond motifs is 2. The Morgan fingerprint density at radius 3 is 2.60 bits per heavy atom. The van der Waals surface area contributed by atoms with Gasteiger partial charge in [-0.15, -0.1) is 0 Å². The lowest BCUT2D eigenvalue weighted by Gasteiger charge is -2.71. The molecule has 5 aliphatic rings. The molecular formula is C39H58N2O7. The van der Waals surface area contributed by atoms with E-state index in [0.717, 1.165) is 50.5 Å². The summed E-state index contributed by atoms with van der Waals surface area (Å²) in [7, 11) is 0. The first-order valence-electron chi connectivity index (χ1n) is 18.6. The molecule has 0 aromatic heterocycles. The SMILES string of the molecule is CC(=O)O[C@@]12C[C@@H](C)[C@](O)(CCC3=CC(=O)OC3)[C@@]3([C@@H](O)CC[C@H](C)CCCc4ccccc4)[C@@H](O)CC[C@@](C)([C@@H]4CCC[C@@H]4NN1)[C@@H]32. The van der Waals surface area contributed by atoms with E-state index in [0.29, 0.717) is 38.0 Å². The maximum atomic E-state index is 13.4. The van der Waals surface area contributed by atoms with Crippen LogP contribution in [-0.4, -0.2) is 63.4 Å². The fraction of sp³-hybridized carbons (Fsp3) is 0.744. The monoisotopic (exact) mass is 666 g/mol. The highest BCUT2D eigenvalue weighted by Gasteiger charge is 2.79. The molecule has 6 rings (SSSR count). The number of benzene rings is 1. The van der Waals surface area contributed by atoms with E-state index in [1.807, 2.05) is 13.0 Å². The third kappa shape index (κ3) is 6.06. The predicted octanol–water partition coefficient (Wildman–Crippen LogP) is 5.12. The summed E-state index contributed by atoms with van der Waals surface area (Å²) in [6.45, 7) is 8.05. The standard InChI is InChI=1S/C39H58N2O7/c1-25(10-8-13-28-11-6-5-7-12-28)16-17-32(43)39-33(44)19-20-36(4)30-14-9-15-31(30)40-41-38(35(36)39,48-27(3)42)23-26(2)37(39,46)21-18-29-22-34(45)47-24-29/h5-7,11-12,22,25-26,30-33,35,40-41,43-44,46H,8-10,13-21,23-24H2,1-4H3/t25-,26-,30-,31+,32+,33+,35-,36+,37-,38-,39+/m1/s1. The van der Waals surface area contributed by atoms with Gasteiger partial charge in [0.05, 0.1) is 23.2 Å². The molecule has 3 saturated carbocycles. The van der Waals surface area contributed by atoms with Crippen LogP contribution in [0.4, 0.5) is 0 Å². The van der Waals surface area contributed by atoms with Gasteiger partial charge >= 0.3 is 11.9 Å². The number of hydrogen-bond donors (Lipinski definition) is 5. The number of hydrazine groups is 1. The van der Waals surface area contributed by atoms with Gasteiger partial charge in [0.2, 0.25) is 0 Å². The third-order valence-electron chi connectivity index (χ3n) is 13.5. The Bertz CT molecular complexity index is 1350. The van der Waals surface area contributed by atoms with E-state index < -0.39 is 52.2 Å². The summed E-state index contributed by atoms with van der Waals surface area (Å²) in [5.41, 5.74) is 4.61. The van der Waals surface area contributed by atoms with E-state index in [-0.39, 0.29) is 31.0 Å². The molecule has 0 amide bonds. The van der Waals surface area contributed by atoms with Crippen molar-refractivity contribution in [3.63, 3.8) is 0 Å². The van der Waals surface area contributed by atoms with Crippen LogP contribution in [-0.2, 0) is 25.5 Å². The van der Waals surface area contributed by atoms with Gasteiger partial charge < -0.3 is 24.8 Å². The maximum Gasteiger partial charge on any atom is 0.331 e. The van der Waals surface area contributed by atoms with E-state index in [1.165, 1.54) is 18.6 Å². The lowest BCUT2D eigenvalue weighted by molar-refractivity contribution is -0.351. The molecule has 0 radical (unpaired) electrons. The van der Waals surface area contributed by atoms with Crippen molar-refractivity contribution in [1.29, 1.82) is 0 Å². The molecule has 1 aromatic rings. The number of carbonyl (C=O) groups is 2. The van der Waals surface area contributed by atoms with E-state index in [9.17, 15) is 24.9 Å². The summed E-state index contributed by atoms with van der Waals surface area (Å²) in [5.74, 6) is -1.31. The zero-order valence-corrected chi connectivity index (χ0v) is 29.4. The molecule has 0 unspecified atom stereocenters. The van der Waals surface area contributed by atoms with Crippen LogP contribution < -0.4 is 10.9 Å². The van der Waals surface area contributed by atoms with Crippen LogP contribution in [0, 0.1) is 34.5 Å². The van der Waals surface area contributed by atoms with Crippen molar-refractivity contribution in [2.75, 3.05) is 6.61 Å². The lowest BCUT2D eigenvalue weighted by Crippen LogP contribution is -2.81. The first-order valence-corrected chi connectivity index (χ1v) is 18.6. The molecule has 1 saturated heterocycles. The Morgan fingerprint density at radius 1 is 1.12 bits per heavy atom. The number of aliphatic hydroxyl groups excluding tert-OH is 2. The van der Waals surface area contributed by atoms with E-state index in [4.69, 9.17) is 9.47 Å². The highest BCUT2D eigenvalue weighted by Crippen LogP contribution is 2.71. The van der Waals surface area contributed by atoms with Crippen molar-refractivity contribution in [3.05, 3.63) is 47.5 Å². The Hall–Kier alpha value is -2.30. The van der Waals surface area contributed by atoms with Crippen LogP contribution >= 0.6 is 0 Å². The molecule has 2 heterocycles. The molecule has 266 valence electrons. The molecular weight excluding hydrogens is 608 g/mol. The van der Waals surface area contributed by atoms with Crippen molar-refractivity contribution in [1.82, 2.24) is 10.9 Å². The normalized spacial score (nSPS) is 40.2. The van der Waals surface area contributed by atoms with Gasteiger partial charge in [0.25, 0.3) is 0 Å². The molecule has 1 aromatic carbocycles. The number of rotatable bonds is 12. The fourth-order valence-electron chi connectivity index (χ4n) is 11.4. The summed E-state index contributed by atoms with van der Waals surface area (Å²) in [6.07, 6.45) is 8.77. The minimum absolute atomic E-state index is 0.151. The summed E-state index contributed by atoms with van der Waals surface area (Å²) in [4.78, 5) is 24.9. The van der Waals surface area contributed by atoms with Gasteiger partial charge in [0, 0.05) is 31.4 Å². The van der Waals surface area contributed by atoms with Crippen LogP contribution in [0.1, 0.15) is 110 Å². The van der Waals surface area contributed by atoms with Crippen molar-refractivity contribution >= 4 is 11.9 Å². The van der Waals surface area contributed by atoms with Crippen LogP contribution in [0.15, 0.2) is 42.0 Å². The first kappa shape index (κ1) is 35.5. The number of esters is 2. The second-order valence-electron chi connectivity index (χ2n) is 16.3. The summed E-state index contributed by atoms with van der Waals surface area (Å²) in [6, 6.07) is 10.6. The minimum Gasteiger partial charge on any atom is -0.458 e. The average molecular weight is 667 g/mol. The van der Waals surface area contributed by atoms with Gasteiger partial charge in [-0.05, 0) is 98.5 Å². The minimum atomic E-state index is -1.52. The Balaban J connectivity index is 1.39. The number of carbonyl (C=O) groups excluding carboxylic acids is 2. The van der Waals surface area contributed by atoms with Gasteiger partial charge in [0.1, 0.15) is 6.61 Å². The summed E-state index contributed by atoms with van der Waals surface area (Å²) < 4.78 is 11.6. The number of cyclic esters (lactones) is 1. The predicted molar refractivity (Wildman–Crippen MR) is 182 cm³/mol. The highest BCUT2D eigenvalue weighted by molar-refractivity contribution is 5.85. The van der Waals surface area contributed by atoms with Crippen LogP contribution in [0.5, 0.6) is 0 Å². The molecule has 48 heavy (non-hydrogen) atoms. The van der Waals surface area contributed by atoms with E-state index in [1.54, 1.807) is 0 Å². The van der Waals surface area contributed by atoms with E-state index >= 15 is 0 Å². The summed E-state index contributed by atoms with van der Waals surface area (Å²) in [5, 5.41) is 38.7. The molecule has 4 fully saturated rings. The zero-order valence-electron chi connectivity index (χ0n) is 29.4. The number of nitrogens with one attached hydrogen (secondary N) is 2. The highest BCUT2D eigenvalue weighted by atomic mass is 16.6. The molecule has 0 bridgehead atoms. The molecule has 0 spiro atoms. The molecule has 5 N–H and O–H groups in total. The largest absolute Gasteiger partial charge is 0.458 e. The second-order valence-corrected chi connectivity index (χ2v) is 16.3. The number of ether oxygens (including phenoxy) is 2. The molecule has 9 nitrogen and oxygen atoms in total. The van der Waals surface area contributed by atoms with Gasteiger partial charge in [-0.25, -0.2) is 10.2 Å². The molecule has 11 atom stereocenters. The Labute approximate surface area is 286 Å². The topological polar surface area (TPSA) is 137 Å². The molecule has 3 aliphatic carbocycles. The summed E-state index contributed by atoms with van der Waals surface area (Å²) >= 11 is 0. The van der Waals surface area contributed by atoms with Crippen molar-refractivity contribution in [2.45, 2.75) is 141 Å². The fourth-order valence-corrected chi connectivity index (χ4v) is 11.4. The van der Waals surface area contributed by atoms with Crippen molar-refractivity contribution in [3.8, 4) is 0 Å². The Morgan fingerprint density at radius 2 is 1.90 bits per heavy atom. The van der Waals surface area contributed by atoms with Crippen LogP contribution in [0.2, 0.25) is 0 Å². The van der Waals surface area contributed by atoms with Crippen molar-refractivity contribution < 1.29 is 34.4 Å². The second kappa shape index (κ2) is 13.8. The van der Waals surface area contributed by atoms with Gasteiger partial charge in [-0.1, -0.05) is 63.9 Å². The third-order valence-corrected chi connectivity index (χ3v) is 13.5. The zero-order chi connectivity index (χ0) is 34.3. The molecule has 9 heteroatoms. The maximum absolute atomic E-state index is 13.4. The van der Waals surface area contributed by atoms with E-state index in [2.05, 4.69) is 49.0 Å². The first-order chi connectivity index (χ1) is 22.9. The van der Waals surface area contributed by atoms with Crippen LogP contribution in [0.3, 0.4) is 0 Å². The number of aryl methyl sites for hydroxylation is 1.